The summed E-state index contributed by atoms with van der Waals surface area (Å²) < 4.78 is 51.2. The summed E-state index contributed by atoms with van der Waals surface area (Å²) in [5, 5.41) is 19.4. The van der Waals surface area contributed by atoms with Gasteiger partial charge in [0, 0.05) is 28.4 Å². The minimum atomic E-state index is -4.80. The van der Waals surface area contributed by atoms with Crippen molar-refractivity contribution in [1.82, 2.24) is 25.1 Å². The van der Waals surface area contributed by atoms with Crippen LogP contribution in [0.25, 0.3) is 15.9 Å². The van der Waals surface area contributed by atoms with E-state index in [9.17, 15) is 23.1 Å². The summed E-state index contributed by atoms with van der Waals surface area (Å²) >= 11 is 7.34. The molecule has 4 heterocycles. The summed E-state index contributed by atoms with van der Waals surface area (Å²) in [5.74, 6) is -1.14. The van der Waals surface area contributed by atoms with Gasteiger partial charge < -0.3 is 9.84 Å². The van der Waals surface area contributed by atoms with Crippen LogP contribution in [0.5, 0.6) is 5.88 Å². The van der Waals surface area contributed by atoms with Crippen LogP contribution < -0.4 is 10.1 Å². The number of hydrogen-bond acceptors (Lipinski definition) is 7. The number of hydrogen-bond donors (Lipinski definition) is 2. The molecule has 3 unspecified atom stereocenters. The van der Waals surface area contributed by atoms with Crippen LogP contribution in [-0.4, -0.2) is 43.0 Å². The van der Waals surface area contributed by atoms with E-state index in [0.29, 0.717) is 28.8 Å². The number of aromatic nitrogens is 4. The van der Waals surface area contributed by atoms with Crippen LogP contribution in [-0.2, 0) is 4.79 Å². The number of nitrogens with one attached hydrogen (secondary N) is 1. The summed E-state index contributed by atoms with van der Waals surface area (Å²) in [4.78, 5) is 20.4. The second-order valence-corrected chi connectivity index (χ2v) is 11.8. The number of carboxylic acid groups (broad SMARTS) is 1. The molecule has 1 saturated heterocycles. The third-order valence-electron chi connectivity index (χ3n) is 7.82. The molecule has 4 aromatic rings. The van der Waals surface area contributed by atoms with Crippen molar-refractivity contribution >= 4 is 39.1 Å². The monoisotopic (exact) mass is 603 g/mol. The number of aryl methyl sites for hydroxylation is 1. The average molecular weight is 604 g/mol. The molecule has 1 aliphatic carbocycles. The van der Waals surface area contributed by atoms with Gasteiger partial charge in [-0.05, 0) is 61.6 Å². The van der Waals surface area contributed by atoms with Gasteiger partial charge in [0.1, 0.15) is 17.1 Å². The first kappa shape index (κ1) is 27.7. The lowest BCUT2D eigenvalue weighted by Crippen LogP contribution is -2.33. The lowest BCUT2D eigenvalue weighted by molar-refractivity contribution is -0.198. The van der Waals surface area contributed by atoms with Gasteiger partial charge >= 0.3 is 12.1 Å². The maximum absolute atomic E-state index is 14.6. The molecular weight excluding hydrogens is 579 g/mol. The Labute approximate surface area is 241 Å². The van der Waals surface area contributed by atoms with Crippen molar-refractivity contribution in [2.24, 2.45) is 5.41 Å². The molecule has 41 heavy (non-hydrogen) atoms. The van der Waals surface area contributed by atoms with Gasteiger partial charge in [-0.15, -0.1) is 11.3 Å². The fourth-order valence-corrected chi connectivity index (χ4v) is 7.08. The van der Waals surface area contributed by atoms with Crippen molar-refractivity contribution in [3.05, 3.63) is 76.2 Å². The zero-order valence-electron chi connectivity index (χ0n) is 21.7. The lowest BCUT2D eigenvalue weighted by Gasteiger charge is -2.36. The van der Waals surface area contributed by atoms with Crippen LogP contribution in [0.2, 0.25) is 5.02 Å². The Morgan fingerprint density at radius 3 is 2.80 bits per heavy atom. The Morgan fingerprint density at radius 2 is 2.12 bits per heavy atom. The maximum Gasteiger partial charge on any atom is 0.429 e. The van der Waals surface area contributed by atoms with E-state index in [1.165, 1.54) is 40.5 Å². The first-order chi connectivity index (χ1) is 19.6. The van der Waals surface area contributed by atoms with E-state index >= 15 is 0 Å². The number of rotatable bonds is 6. The molecule has 1 aliphatic heterocycles. The van der Waals surface area contributed by atoms with Crippen molar-refractivity contribution in [2.75, 3.05) is 0 Å². The van der Waals surface area contributed by atoms with Crippen molar-refractivity contribution in [3.63, 3.8) is 0 Å². The number of nitrogens with zero attached hydrogens (tertiary/aromatic N) is 4. The van der Waals surface area contributed by atoms with E-state index in [4.69, 9.17) is 16.3 Å². The zero-order chi connectivity index (χ0) is 28.9. The van der Waals surface area contributed by atoms with Crippen molar-refractivity contribution in [3.8, 4) is 11.6 Å². The minimum absolute atomic E-state index is 0.132. The highest BCUT2D eigenvalue weighted by molar-refractivity contribution is 7.17. The van der Waals surface area contributed by atoms with Gasteiger partial charge in [-0.1, -0.05) is 29.8 Å². The molecule has 214 valence electrons. The molecule has 0 radical (unpaired) electrons. The van der Waals surface area contributed by atoms with Crippen LogP contribution in [0.4, 0.5) is 13.2 Å². The lowest BCUT2D eigenvalue weighted by atomic mass is 9.69. The predicted octanol–water partition coefficient (Wildman–Crippen LogP) is 6.74. The molecule has 6 rings (SSSR count). The van der Waals surface area contributed by atoms with Crippen LogP contribution in [0.3, 0.4) is 0 Å². The predicted molar refractivity (Wildman–Crippen MR) is 147 cm³/mol. The number of carbonyl (C=O) groups is 1. The molecule has 13 heteroatoms. The molecule has 1 aromatic carbocycles. The van der Waals surface area contributed by atoms with Crippen molar-refractivity contribution in [1.29, 1.82) is 0 Å². The van der Waals surface area contributed by atoms with E-state index in [1.54, 1.807) is 19.2 Å². The highest BCUT2D eigenvalue weighted by atomic mass is 35.5. The SMILES string of the molecule is Cc1ccn(-c2cc(Cl)ccc2[C@@H](Oc2ncnc3c(C4NC(C(=O)O)CC45CC=CCC5)csc23)C(F)(F)F)n1. The molecular formula is C28H25ClF3N5O3S. The number of ether oxygens (including phenoxy) is 1. The number of benzene rings is 1. The number of halogens is 4. The quantitative estimate of drug-likeness (QED) is 0.235. The number of aliphatic carboxylic acids is 1. The van der Waals surface area contributed by atoms with Crippen LogP contribution in [0.15, 0.2) is 54.3 Å². The van der Waals surface area contributed by atoms with Gasteiger partial charge in [0.05, 0.1) is 16.9 Å². The Hall–Kier alpha value is -3.48. The van der Waals surface area contributed by atoms with E-state index in [1.807, 2.05) is 5.38 Å². The third-order valence-corrected chi connectivity index (χ3v) is 9.03. The number of fused-ring (bicyclic) bond motifs is 1. The van der Waals surface area contributed by atoms with Crippen LogP contribution in [0.1, 0.15) is 54.6 Å². The molecule has 1 spiro atoms. The van der Waals surface area contributed by atoms with E-state index in [-0.39, 0.29) is 33.6 Å². The smallest absolute Gasteiger partial charge is 0.429 e. The first-order valence-electron chi connectivity index (χ1n) is 13.0. The molecule has 8 nitrogen and oxygen atoms in total. The number of alkyl halides is 3. The summed E-state index contributed by atoms with van der Waals surface area (Å²) in [7, 11) is 0. The molecule has 3 aromatic heterocycles. The van der Waals surface area contributed by atoms with Gasteiger partial charge in [-0.3, -0.25) is 10.1 Å². The standard InChI is InChI=1S/C28H25ClF3N5O3S/c1-15-7-10-37(36-15)20-11-16(29)5-6-17(20)24(28(30,31)32)40-25-22-21(33-14-34-25)18(13-41-22)23-27(8-3-2-4-9-27)12-19(35-23)26(38)39/h2-3,5-7,10-11,13-14,19,23-24,35H,4,8-9,12H2,1H3,(H,38,39)/t19?,23?,24-,27?/m1/s1. The Bertz CT molecular complexity index is 1650. The summed E-state index contributed by atoms with van der Waals surface area (Å²) in [6.45, 7) is 1.73. The van der Waals surface area contributed by atoms with Gasteiger partial charge in [0.15, 0.2) is 0 Å². The van der Waals surface area contributed by atoms with Gasteiger partial charge in [-0.25, -0.2) is 14.6 Å². The van der Waals surface area contributed by atoms with Gasteiger partial charge in [-0.2, -0.15) is 18.3 Å². The van der Waals surface area contributed by atoms with Crippen LogP contribution >= 0.6 is 22.9 Å². The molecule has 0 bridgehead atoms. The first-order valence-corrected chi connectivity index (χ1v) is 14.2. The van der Waals surface area contributed by atoms with E-state index in [2.05, 4.69) is 32.5 Å². The Kier molecular flexibility index (Phi) is 7.03. The number of thiophene rings is 1. The molecule has 4 atom stereocenters. The Morgan fingerprint density at radius 1 is 1.29 bits per heavy atom. The summed E-state index contributed by atoms with van der Waals surface area (Å²) in [6.07, 6.45) is 2.47. The van der Waals surface area contributed by atoms with Gasteiger partial charge in [0.2, 0.25) is 12.0 Å². The van der Waals surface area contributed by atoms with Gasteiger partial charge in [0.25, 0.3) is 0 Å². The highest BCUT2D eigenvalue weighted by Crippen LogP contribution is 2.54. The normalized spacial score (nSPS) is 23.3. The van der Waals surface area contributed by atoms with E-state index in [0.717, 1.165) is 18.4 Å². The maximum atomic E-state index is 14.6. The molecule has 0 saturated carbocycles. The van der Waals surface area contributed by atoms with Crippen LogP contribution in [0, 0.1) is 12.3 Å². The second kappa shape index (κ2) is 10.4. The third kappa shape index (κ3) is 5.08. The highest BCUT2D eigenvalue weighted by Gasteiger charge is 2.50. The topological polar surface area (TPSA) is 102 Å². The van der Waals surface area contributed by atoms with Crippen molar-refractivity contribution < 1.29 is 27.8 Å². The van der Waals surface area contributed by atoms with E-state index < -0.39 is 24.3 Å². The zero-order valence-corrected chi connectivity index (χ0v) is 23.3. The fraction of sp³-hybridized carbons (Fsp3) is 0.357. The largest absolute Gasteiger partial charge is 0.480 e. The molecule has 2 N–H and O–H groups in total. The second-order valence-electron chi connectivity index (χ2n) is 10.5. The fourth-order valence-electron chi connectivity index (χ4n) is 5.94. The molecule has 2 aliphatic rings. The minimum Gasteiger partial charge on any atom is -0.480 e. The number of carboxylic acids is 1. The number of allylic oxidation sites excluding steroid dienone is 2. The average Bonchev–Trinajstić information content (AvgIpc) is 3.65. The molecule has 0 amide bonds. The molecule has 1 fully saturated rings. The Balaban J connectivity index is 1.41. The summed E-state index contributed by atoms with van der Waals surface area (Å²) in [6, 6.07) is 4.67. The summed E-state index contributed by atoms with van der Waals surface area (Å²) in [5.41, 5.74) is 1.42. The van der Waals surface area contributed by atoms with Crippen molar-refractivity contribution in [2.45, 2.75) is 57.0 Å².